The number of carbonyl (C=O) groups is 1. The zero-order chi connectivity index (χ0) is 13.4. The Kier molecular flexibility index (Phi) is 3.21. The molecule has 2 N–H and O–H groups in total. The Bertz CT molecular complexity index is 629. The molecule has 1 aliphatic rings. The Morgan fingerprint density at radius 1 is 1.32 bits per heavy atom. The van der Waals surface area contributed by atoms with Gasteiger partial charge in [0.2, 0.25) is 0 Å². The lowest BCUT2D eigenvalue weighted by molar-refractivity contribution is 0.0737. The van der Waals surface area contributed by atoms with Crippen LogP contribution in [-0.2, 0) is 0 Å². The molecule has 3 rings (SSSR count). The first-order chi connectivity index (χ1) is 9.16. The fourth-order valence-corrected chi connectivity index (χ4v) is 2.77. The van der Waals surface area contributed by atoms with E-state index in [1.165, 1.54) is 0 Å². The average molecular weight is 278 g/mol. The predicted molar refractivity (Wildman–Crippen MR) is 76.8 cm³/mol. The summed E-state index contributed by atoms with van der Waals surface area (Å²) >= 11 is 6.04. The van der Waals surface area contributed by atoms with E-state index >= 15 is 0 Å². The van der Waals surface area contributed by atoms with Crippen molar-refractivity contribution in [2.75, 3.05) is 26.2 Å². The summed E-state index contributed by atoms with van der Waals surface area (Å²) in [4.78, 5) is 17.8. The van der Waals surface area contributed by atoms with Gasteiger partial charge in [0.25, 0.3) is 5.91 Å². The van der Waals surface area contributed by atoms with Gasteiger partial charge in [0.05, 0.1) is 5.56 Å². The molecular formula is C14H16ClN3O. The van der Waals surface area contributed by atoms with E-state index in [1.807, 2.05) is 30.0 Å². The van der Waals surface area contributed by atoms with Gasteiger partial charge in [0.1, 0.15) is 0 Å². The molecule has 2 heterocycles. The molecule has 1 aromatic heterocycles. The van der Waals surface area contributed by atoms with Crippen LogP contribution in [0.2, 0.25) is 5.02 Å². The van der Waals surface area contributed by atoms with Crippen LogP contribution >= 0.6 is 11.6 Å². The number of H-pyrrole nitrogens is 1. The van der Waals surface area contributed by atoms with Gasteiger partial charge in [0, 0.05) is 47.8 Å². The Morgan fingerprint density at radius 3 is 2.79 bits per heavy atom. The maximum atomic E-state index is 12.6. The van der Waals surface area contributed by atoms with E-state index in [1.54, 1.807) is 0 Å². The van der Waals surface area contributed by atoms with Gasteiger partial charge in [-0.2, -0.15) is 0 Å². The number of carbonyl (C=O) groups excluding carboxylic acids is 1. The van der Waals surface area contributed by atoms with Gasteiger partial charge in [-0.15, -0.1) is 0 Å². The maximum absolute atomic E-state index is 12.6. The topological polar surface area (TPSA) is 48.1 Å². The molecule has 2 aromatic rings. The van der Waals surface area contributed by atoms with Crippen molar-refractivity contribution in [2.45, 2.75) is 6.92 Å². The summed E-state index contributed by atoms with van der Waals surface area (Å²) in [6, 6.07) is 5.61. The molecule has 1 amide bonds. The van der Waals surface area contributed by atoms with Crippen molar-refractivity contribution in [1.82, 2.24) is 15.2 Å². The number of amides is 1. The SMILES string of the molecule is Cc1[nH]c2ccc(Cl)cc2c1C(=O)N1CCNCC1. The smallest absolute Gasteiger partial charge is 0.256 e. The van der Waals surface area contributed by atoms with E-state index in [-0.39, 0.29) is 5.91 Å². The van der Waals surface area contributed by atoms with E-state index < -0.39 is 0 Å². The van der Waals surface area contributed by atoms with Crippen LogP contribution in [0.5, 0.6) is 0 Å². The van der Waals surface area contributed by atoms with Gasteiger partial charge < -0.3 is 15.2 Å². The number of hydrogen-bond donors (Lipinski definition) is 2. The lowest BCUT2D eigenvalue weighted by Gasteiger charge is -2.27. The third kappa shape index (κ3) is 2.22. The second-order valence-corrected chi connectivity index (χ2v) is 5.29. The minimum atomic E-state index is 0.0903. The van der Waals surface area contributed by atoms with Gasteiger partial charge in [0.15, 0.2) is 0 Å². The van der Waals surface area contributed by atoms with Crippen LogP contribution in [0.15, 0.2) is 18.2 Å². The minimum Gasteiger partial charge on any atom is -0.358 e. The van der Waals surface area contributed by atoms with E-state index in [4.69, 9.17) is 11.6 Å². The standard InChI is InChI=1S/C14H16ClN3O/c1-9-13(14(19)18-6-4-16-5-7-18)11-8-10(15)2-3-12(11)17-9/h2-3,8,16-17H,4-7H2,1H3. The quantitative estimate of drug-likeness (QED) is 0.839. The first-order valence-corrected chi connectivity index (χ1v) is 6.82. The highest BCUT2D eigenvalue weighted by Gasteiger charge is 2.23. The third-order valence-electron chi connectivity index (χ3n) is 3.57. The van der Waals surface area contributed by atoms with Crippen LogP contribution in [0.1, 0.15) is 16.1 Å². The monoisotopic (exact) mass is 277 g/mol. The molecule has 1 aromatic carbocycles. The maximum Gasteiger partial charge on any atom is 0.256 e. The number of nitrogens with one attached hydrogen (secondary N) is 2. The lowest BCUT2D eigenvalue weighted by Crippen LogP contribution is -2.46. The Labute approximate surface area is 116 Å². The molecule has 0 spiro atoms. The van der Waals surface area contributed by atoms with Crippen molar-refractivity contribution in [3.8, 4) is 0 Å². The average Bonchev–Trinajstić information content (AvgIpc) is 2.74. The molecule has 4 nitrogen and oxygen atoms in total. The van der Waals surface area contributed by atoms with Crippen molar-refractivity contribution < 1.29 is 4.79 Å². The molecule has 0 aliphatic carbocycles. The fourth-order valence-electron chi connectivity index (χ4n) is 2.60. The number of aromatic amines is 1. The summed E-state index contributed by atoms with van der Waals surface area (Å²) in [6.45, 7) is 5.15. The molecule has 1 fully saturated rings. The van der Waals surface area contributed by atoms with E-state index in [2.05, 4.69) is 10.3 Å². The molecule has 100 valence electrons. The summed E-state index contributed by atoms with van der Waals surface area (Å²) in [5.74, 6) is 0.0903. The highest BCUT2D eigenvalue weighted by molar-refractivity contribution is 6.31. The first kappa shape index (κ1) is 12.5. The molecule has 1 saturated heterocycles. The highest BCUT2D eigenvalue weighted by Crippen LogP contribution is 2.26. The number of rotatable bonds is 1. The van der Waals surface area contributed by atoms with Crippen molar-refractivity contribution in [1.29, 1.82) is 0 Å². The van der Waals surface area contributed by atoms with Gasteiger partial charge in [-0.05, 0) is 25.1 Å². The number of halogens is 1. The number of aromatic nitrogens is 1. The van der Waals surface area contributed by atoms with Crippen molar-refractivity contribution in [3.05, 3.63) is 34.5 Å². The van der Waals surface area contributed by atoms with Crippen LogP contribution in [0, 0.1) is 6.92 Å². The van der Waals surface area contributed by atoms with E-state index in [0.29, 0.717) is 5.02 Å². The number of hydrogen-bond acceptors (Lipinski definition) is 2. The van der Waals surface area contributed by atoms with Gasteiger partial charge in [-0.25, -0.2) is 0 Å². The molecule has 19 heavy (non-hydrogen) atoms. The lowest BCUT2D eigenvalue weighted by atomic mass is 10.1. The van der Waals surface area contributed by atoms with Crippen molar-refractivity contribution in [3.63, 3.8) is 0 Å². The first-order valence-electron chi connectivity index (χ1n) is 6.44. The number of benzene rings is 1. The van der Waals surface area contributed by atoms with Crippen molar-refractivity contribution in [2.24, 2.45) is 0 Å². The second kappa shape index (κ2) is 4.87. The number of piperazine rings is 1. The molecule has 0 radical (unpaired) electrons. The van der Waals surface area contributed by atoms with E-state index in [0.717, 1.165) is 48.3 Å². The molecule has 0 bridgehead atoms. The molecule has 0 unspecified atom stereocenters. The van der Waals surface area contributed by atoms with Crippen LogP contribution in [0.3, 0.4) is 0 Å². The van der Waals surface area contributed by atoms with Gasteiger partial charge >= 0.3 is 0 Å². The number of fused-ring (bicyclic) bond motifs is 1. The van der Waals surface area contributed by atoms with Gasteiger partial charge in [-0.3, -0.25) is 4.79 Å². The highest BCUT2D eigenvalue weighted by atomic mass is 35.5. The molecular weight excluding hydrogens is 262 g/mol. The zero-order valence-electron chi connectivity index (χ0n) is 10.8. The normalized spacial score (nSPS) is 16.0. The summed E-state index contributed by atoms with van der Waals surface area (Å²) in [5, 5.41) is 4.82. The van der Waals surface area contributed by atoms with Crippen LogP contribution in [0.4, 0.5) is 0 Å². The molecule has 0 saturated carbocycles. The van der Waals surface area contributed by atoms with Crippen LogP contribution < -0.4 is 5.32 Å². The zero-order valence-corrected chi connectivity index (χ0v) is 11.5. The Balaban J connectivity index is 2.05. The summed E-state index contributed by atoms with van der Waals surface area (Å²) < 4.78 is 0. The summed E-state index contributed by atoms with van der Waals surface area (Å²) in [6.07, 6.45) is 0. The van der Waals surface area contributed by atoms with Crippen molar-refractivity contribution >= 4 is 28.4 Å². The molecule has 5 heteroatoms. The Hall–Kier alpha value is -1.52. The molecule has 1 aliphatic heterocycles. The Morgan fingerprint density at radius 2 is 2.05 bits per heavy atom. The second-order valence-electron chi connectivity index (χ2n) is 4.86. The van der Waals surface area contributed by atoms with E-state index in [9.17, 15) is 4.79 Å². The van der Waals surface area contributed by atoms with Crippen LogP contribution in [-0.4, -0.2) is 42.0 Å². The molecule has 0 atom stereocenters. The van der Waals surface area contributed by atoms with Crippen LogP contribution in [0.25, 0.3) is 10.9 Å². The third-order valence-corrected chi connectivity index (χ3v) is 3.80. The summed E-state index contributed by atoms with van der Waals surface area (Å²) in [7, 11) is 0. The van der Waals surface area contributed by atoms with Gasteiger partial charge in [-0.1, -0.05) is 11.6 Å². The predicted octanol–water partition coefficient (Wildman–Crippen LogP) is 2.18. The largest absolute Gasteiger partial charge is 0.358 e. The minimum absolute atomic E-state index is 0.0903. The number of nitrogens with zero attached hydrogens (tertiary/aromatic N) is 1. The fraction of sp³-hybridized carbons (Fsp3) is 0.357. The number of aryl methyl sites for hydroxylation is 1. The summed E-state index contributed by atoms with van der Waals surface area (Å²) in [5.41, 5.74) is 2.61.